The fourth-order valence-electron chi connectivity index (χ4n) is 3.78. The number of hydrogen-bond donors (Lipinski definition) is 1. The summed E-state index contributed by atoms with van der Waals surface area (Å²) in [5, 5.41) is 2.90. The molecular formula is C26H28N4O4. The number of nitrogens with zero attached hydrogens (tertiary/aromatic N) is 3. The van der Waals surface area contributed by atoms with Crippen molar-refractivity contribution in [1.29, 1.82) is 0 Å². The number of para-hydroxylation sites is 1. The maximum atomic E-state index is 12.9. The molecule has 176 valence electrons. The molecule has 1 aliphatic rings. The van der Waals surface area contributed by atoms with E-state index in [0.29, 0.717) is 57.1 Å². The zero-order valence-electron chi connectivity index (χ0n) is 18.9. The smallest absolute Gasteiger partial charge is 0.228 e. The van der Waals surface area contributed by atoms with Crippen molar-refractivity contribution in [3.63, 3.8) is 0 Å². The van der Waals surface area contributed by atoms with Crippen LogP contribution in [0.1, 0.15) is 24.8 Å². The first-order valence-electron chi connectivity index (χ1n) is 11.4. The average molecular weight is 461 g/mol. The number of pyridine rings is 2. The molecule has 0 bridgehead atoms. The molecule has 1 fully saturated rings. The molecular weight excluding hydrogens is 432 g/mol. The van der Waals surface area contributed by atoms with Gasteiger partial charge in [-0.25, -0.2) is 4.98 Å². The minimum atomic E-state index is -0.181. The van der Waals surface area contributed by atoms with E-state index in [2.05, 4.69) is 15.3 Å². The summed E-state index contributed by atoms with van der Waals surface area (Å²) in [4.78, 5) is 35.4. The Morgan fingerprint density at radius 1 is 0.941 bits per heavy atom. The fourth-order valence-corrected chi connectivity index (χ4v) is 3.78. The summed E-state index contributed by atoms with van der Waals surface area (Å²) in [5.74, 6) is 1.43. The van der Waals surface area contributed by atoms with Crippen molar-refractivity contribution in [2.75, 3.05) is 25.0 Å². The monoisotopic (exact) mass is 460 g/mol. The van der Waals surface area contributed by atoms with Crippen molar-refractivity contribution < 1.29 is 19.1 Å². The Kier molecular flexibility index (Phi) is 8.05. The van der Waals surface area contributed by atoms with Gasteiger partial charge in [0.2, 0.25) is 11.8 Å². The molecule has 4 rings (SSSR count). The van der Waals surface area contributed by atoms with Crippen molar-refractivity contribution in [3.8, 4) is 11.5 Å². The van der Waals surface area contributed by atoms with Gasteiger partial charge in [0.05, 0.1) is 13.0 Å². The third-order valence-electron chi connectivity index (χ3n) is 5.70. The van der Waals surface area contributed by atoms with Crippen LogP contribution in [-0.2, 0) is 16.2 Å². The van der Waals surface area contributed by atoms with Crippen LogP contribution in [-0.4, -0.2) is 46.4 Å². The molecule has 34 heavy (non-hydrogen) atoms. The summed E-state index contributed by atoms with van der Waals surface area (Å²) in [7, 11) is 0. The van der Waals surface area contributed by atoms with E-state index in [9.17, 15) is 9.59 Å². The van der Waals surface area contributed by atoms with Gasteiger partial charge >= 0.3 is 0 Å². The highest BCUT2D eigenvalue weighted by molar-refractivity contribution is 5.93. The maximum absolute atomic E-state index is 12.9. The van der Waals surface area contributed by atoms with Crippen LogP contribution >= 0.6 is 0 Å². The van der Waals surface area contributed by atoms with Crippen LogP contribution in [0, 0.1) is 5.92 Å². The Bertz CT molecular complexity index is 1070. The quantitative estimate of drug-likeness (QED) is 0.523. The van der Waals surface area contributed by atoms with Gasteiger partial charge in [-0.2, -0.15) is 0 Å². The Hall–Kier alpha value is -3.94. The molecule has 8 nitrogen and oxygen atoms in total. The Balaban J connectivity index is 1.22. The molecule has 0 saturated carbocycles. The molecule has 3 aromatic rings. The SMILES string of the molecule is O=C(Nc1ncccc1OCc1ccncc1)C1CCN(C(=O)CCOc2ccccc2)CC1. The summed E-state index contributed by atoms with van der Waals surface area (Å²) in [6, 6.07) is 16.7. The lowest BCUT2D eigenvalue weighted by molar-refractivity contribution is -0.135. The van der Waals surface area contributed by atoms with Gasteiger partial charge in [-0.05, 0) is 54.8 Å². The lowest BCUT2D eigenvalue weighted by Crippen LogP contribution is -2.41. The normalized spacial score (nSPS) is 13.8. The van der Waals surface area contributed by atoms with Gasteiger partial charge in [-0.1, -0.05) is 18.2 Å². The number of aromatic nitrogens is 2. The van der Waals surface area contributed by atoms with Crippen LogP contribution in [0.2, 0.25) is 0 Å². The number of benzene rings is 1. The summed E-state index contributed by atoms with van der Waals surface area (Å²) >= 11 is 0. The number of rotatable bonds is 9. The molecule has 0 unspecified atom stereocenters. The van der Waals surface area contributed by atoms with Crippen LogP contribution in [0.25, 0.3) is 0 Å². The number of anilines is 1. The van der Waals surface area contributed by atoms with E-state index >= 15 is 0 Å². The molecule has 1 aromatic carbocycles. The summed E-state index contributed by atoms with van der Waals surface area (Å²) in [6.07, 6.45) is 6.57. The van der Waals surface area contributed by atoms with Crippen molar-refractivity contribution in [2.24, 2.45) is 5.92 Å². The zero-order valence-corrected chi connectivity index (χ0v) is 18.9. The van der Waals surface area contributed by atoms with Crippen LogP contribution < -0.4 is 14.8 Å². The van der Waals surface area contributed by atoms with Crippen LogP contribution in [0.5, 0.6) is 11.5 Å². The predicted molar refractivity (Wildman–Crippen MR) is 127 cm³/mol. The standard InChI is InChI=1S/C26H28N4O4/c31-24(12-18-33-22-5-2-1-3-6-22)30-16-10-21(11-17-30)26(32)29-25-23(7-4-13-28-25)34-19-20-8-14-27-15-9-20/h1-9,13-15,21H,10-12,16-19H2,(H,28,29,32). The van der Waals surface area contributed by atoms with Crippen molar-refractivity contribution in [2.45, 2.75) is 25.9 Å². The van der Waals surface area contributed by atoms with Gasteiger partial charge in [0.15, 0.2) is 11.6 Å². The number of ether oxygens (including phenoxy) is 2. The van der Waals surface area contributed by atoms with Crippen LogP contribution in [0.4, 0.5) is 5.82 Å². The second kappa shape index (κ2) is 11.8. The molecule has 0 atom stereocenters. The molecule has 2 amide bonds. The first-order valence-corrected chi connectivity index (χ1v) is 11.4. The summed E-state index contributed by atoms with van der Waals surface area (Å²) in [6.45, 7) is 1.79. The van der Waals surface area contributed by atoms with Gasteiger partial charge < -0.3 is 19.7 Å². The van der Waals surface area contributed by atoms with Crippen LogP contribution in [0.3, 0.4) is 0 Å². The van der Waals surface area contributed by atoms with E-state index in [4.69, 9.17) is 9.47 Å². The molecule has 2 aromatic heterocycles. The lowest BCUT2D eigenvalue weighted by atomic mass is 9.95. The molecule has 8 heteroatoms. The van der Waals surface area contributed by atoms with Gasteiger partial charge in [0, 0.05) is 37.6 Å². The number of likely N-dealkylation sites (tertiary alicyclic amines) is 1. The Labute approximate surface area is 198 Å². The molecule has 1 N–H and O–H groups in total. The lowest BCUT2D eigenvalue weighted by Gasteiger charge is -2.31. The summed E-state index contributed by atoms with van der Waals surface area (Å²) in [5.41, 5.74) is 0.974. The number of nitrogens with one attached hydrogen (secondary N) is 1. The van der Waals surface area contributed by atoms with Gasteiger partial charge in [-0.15, -0.1) is 0 Å². The molecule has 1 saturated heterocycles. The largest absolute Gasteiger partial charge is 0.493 e. The van der Waals surface area contributed by atoms with Gasteiger partial charge in [0.25, 0.3) is 0 Å². The Morgan fingerprint density at radius 3 is 2.47 bits per heavy atom. The third-order valence-corrected chi connectivity index (χ3v) is 5.70. The third kappa shape index (κ3) is 6.54. The van der Waals surface area contributed by atoms with E-state index in [1.165, 1.54) is 0 Å². The van der Waals surface area contributed by atoms with E-state index < -0.39 is 0 Å². The number of amides is 2. The maximum Gasteiger partial charge on any atom is 0.228 e. The molecule has 0 radical (unpaired) electrons. The first kappa shape index (κ1) is 23.2. The zero-order chi connectivity index (χ0) is 23.6. The fraction of sp³-hybridized carbons (Fsp3) is 0.308. The number of carbonyl (C=O) groups is 2. The van der Waals surface area contributed by atoms with E-state index in [-0.39, 0.29) is 17.7 Å². The van der Waals surface area contributed by atoms with Gasteiger partial charge in [0.1, 0.15) is 12.4 Å². The van der Waals surface area contributed by atoms with E-state index in [1.54, 1.807) is 30.7 Å². The van der Waals surface area contributed by atoms with E-state index in [0.717, 1.165) is 11.3 Å². The van der Waals surface area contributed by atoms with Crippen molar-refractivity contribution in [1.82, 2.24) is 14.9 Å². The second-order valence-corrected chi connectivity index (χ2v) is 8.05. The van der Waals surface area contributed by atoms with E-state index in [1.807, 2.05) is 47.4 Å². The number of carbonyl (C=O) groups excluding carboxylic acids is 2. The minimum absolute atomic E-state index is 0.0475. The predicted octanol–water partition coefficient (Wildman–Crippen LogP) is 3.70. The topological polar surface area (TPSA) is 93.6 Å². The highest BCUT2D eigenvalue weighted by atomic mass is 16.5. The molecule has 0 aliphatic carbocycles. The average Bonchev–Trinajstić information content (AvgIpc) is 2.89. The minimum Gasteiger partial charge on any atom is -0.493 e. The number of hydrogen-bond acceptors (Lipinski definition) is 6. The summed E-state index contributed by atoms with van der Waals surface area (Å²) < 4.78 is 11.5. The second-order valence-electron chi connectivity index (χ2n) is 8.05. The van der Waals surface area contributed by atoms with Gasteiger partial charge in [-0.3, -0.25) is 14.6 Å². The molecule has 3 heterocycles. The first-order chi connectivity index (χ1) is 16.7. The Morgan fingerprint density at radius 2 is 1.71 bits per heavy atom. The van der Waals surface area contributed by atoms with Crippen LogP contribution in [0.15, 0.2) is 73.2 Å². The number of piperidine rings is 1. The van der Waals surface area contributed by atoms with Crippen molar-refractivity contribution >= 4 is 17.6 Å². The molecule has 1 aliphatic heterocycles. The molecule has 0 spiro atoms. The highest BCUT2D eigenvalue weighted by Gasteiger charge is 2.28. The van der Waals surface area contributed by atoms with Crippen molar-refractivity contribution in [3.05, 3.63) is 78.8 Å². The highest BCUT2D eigenvalue weighted by Crippen LogP contribution is 2.25.